The average molecular weight is 200 g/mol. The van der Waals surface area contributed by atoms with Crippen molar-refractivity contribution in [3.05, 3.63) is 12.2 Å². The molecule has 0 aromatic heterocycles. The minimum absolute atomic E-state index is 0.104. The molecule has 0 amide bonds. The van der Waals surface area contributed by atoms with Gasteiger partial charge in [-0.2, -0.15) is 0 Å². The quantitative estimate of drug-likeness (QED) is 0.518. The molecule has 1 saturated heterocycles. The first-order valence-corrected chi connectivity index (χ1v) is 4.17. The molecule has 1 heterocycles. The maximum Gasteiger partial charge on any atom is 0.331 e. The fourth-order valence-corrected chi connectivity index (χ4v) is 0.967. The van der Waals surface area contributed by atoms with Gasteiger partial charge in [-0.3, -0.25) is 0 Å². The van der Waals surface area contributed by atoms with Gasteiger partial charge in [-0.25, -0.2) is 9.59 Å². The first-order valence-electron chi connectivity index (χ1n) is 4.17. The third-order valence-electron chi connectivity index (χ3n) is 1.83. The zero-order chi connectivity index (χ0) is 10.6. The first kappa shape index (κ1) is 10.7. The van der Waals surface area contributed by atoms with Gasteiger partial charge in [0.25, 0.3) is 0 Å². The topological polar surface area (TPSA) is 72.8 Å². The Bertz CT molecular complexity index is 264. The summed E-state index contributed by atoms with van der Waals surface area (Å²) in [5, 5.41) is 8.23. The fourth-order valence-electron chi connectivity index (χ4n) is 0.967. The highest BCUT2D eigenvalue weighted by molar-refractivity contribution is 5.90. The van der Waals surface area contributed by atoms with Gasteiger partial charge in [0.2, 0.25) is 0 Å². The Morgan fingerprint density at radius 1 is 1.50 bits per heavy atom. The lowest BCUT2D eigenvalue weighted by molar-refractivity contribution is -0.160. The Morgan fingerprint density at radius 2 is 2.14 bits per heavy atom. The molecule has 0 aromatic carbocycles. The summed E-state index contributed by atoms with van der Waals surface area (Å²) in [6.07, 6.45) is 1.65. The minimum Gasteiger partial charge on any atom is -0.478 e. The zero-order valence-corrected chi connectivity index (χ0v) is 7.86. The molecule has 1 rings (SSSR count). The van der Waals surface area contributed by atoms with Gasteiger partial charge in [-0.1, -0.05) is 6.92 Å². The molecule has 1 aliphatic rings. The molecule has 0 aliphatic carbocycles. The van der Waals surface area contributed by atoms with Crippen molar-refractivity contribution in [3.63, 3.8) is 0 Å². The van der Waals surface area contributed by atoms with Crippen molar-refractivity contribution in [2.45, 2.75) is 6.92 Å². The maximum absolute atomic E-state index is 10.9. The predicted molar refractivity (Wildman–Crippen MR) is 46.7 cm³/mol. The van der Waals surface area contributed by atoms with Crippen molar-refractivity contribution in [1.29, 1.82) is 0 Å². The normalized spacial score (nSPS) is 18.9. The second kappa shape index (κ2) is 4.23. The number of aliphatic carboxylic acids is 1. The maximum atomic E-state index is 10.9. The van der Waals surface area contributed by atoms with Gasteiger partial charge < -0.3 is 14.6 Å². The number of carboxylic acid groups (broad SMARTS) is 1. The molecule has 0 saturated carbocycles. The first-order chi connectivity index (χ1) is 6.52. The van der Waals surface area contributed by atoms with E-state index in [0.717, 1.165) is 12.2 Å². The van der Waals surface area contributed by atoms with E-state index in [1.165, 1.54) is 0 Å². The van der Waals surface area contributed by atoms with Crippen molar-refractivity contribution in [1.82, 2.24) is 0 Å². The highest BCUT2D eigenvalue weighted by Gasteiger charge is 2.34. The van der Waals surface area contributed by atoms with Crippen LogP contribution in [0.1, 0.15) is 6.92 Å². The summed E-state index contributed by atoms with van der Waals surface area (Å²) in [6.45, 7) is 3.34. The summed E-state index contributed by atoms with van der Waals surface area (Å²) in [4.78, 5) is 21.0. The van der Waals surface area contributed by atoms with E-state index in [1.54, 1.807) is 0 Å². The van der Waals surface area contributed by atoms with Crippen LogP contribution >= 0.6 is 0 Å². The van der Waals surface area contributed by atoms with Crippen LogP contribution in [-0.2, 0) is 19.1 Å². The van der Waals surface area contributed by atoms with E-state index in [9.17, 15) is 9.59 Å². The van der Waals surface area contributed by atoms with E-state index >= 15 is 0 Å². The zero-order valence-electron chi connectivity index (χ0n) is 7.86. The molecule has 5 heteroatoms. The fraction of sp³-hybridized carbons (Fsp3) is 0.556. The lowest BCUT2D eigenvalue weighted by Crippen LogP contribution is -2.43. The summed E-state index contributed by atoms with van der Waals surface area (Å²) in [5.74, 6) is -1.80. The van der Waals surface area contributed by atoms with Crippen molar-refractivity contribution in [2.24, 2.45) is 5.41 Å². The number of esters is 1. The van der Waals surface area contributed by atoms with Crippen molar-refractivity contribution in [3.8, 4) is 0 Å². The molecule has 14 heavy (non-hydrogen) atoms. The van der Waals surface area contributed by atoms with Crippen molar-refractivity contribution >= 4 is 11.9 Å². The second-order valence-electron chi connectivity index (χ2n) is 3.58. The molecule has 0 unspecified atom stereocenters. The largest absolute Gasteiger partial charge is 0.478 e. The highest BCUT2D eigenvalue weighted by Crippen LogP contribution is 2.26. The molecular weight excluding hydrogens is 188 g/mol. The SMILES string of the molecule is CC1(COC(=O)/C=C/C(=O)O)COC1. The Balaban J connectivity index is 2.24. The van der Waals surface area contributed by atoms with Gasteiger partial charge >= 0.3 is 11.9 Å². The second-order valence-corrected chi connectivity index (χ2v) is 3.58. The molecule has 1 aliphatic heterocycles. The van der Waals surface area contributed by atoms with E-state index in [-0.39, 0.29) is 12.0 Å². The third-order valence-corrected chi connectivity index (χ3v) is 1.83. The smallest absolute Gasteiger partial charge is 0.331 e. The Morgan fingerprint density at radius 3 is 2.57 bits per heavy atom. The van der Waals surface area contributed by atoms with Gasteiger partial charge in [0, 0.05) is 17.6 Å². The Labute approximate surface area is 81.3 Å². The van der Waals surface area contributed by atoms with Crippen LogP contribution in [0.15, 0.2) is 12.2 Å². The number of hydrogen-bond acceptors (Lipinski definition) is 4. The van der Waals surface area contributed by atoms with Crippen LogP contribution < -0.4 is 0 Å². The van der Waals surface area contributed by atoms with Crippen molar-refractivity contribution < 1.29 is 24.2 Å². The number of hydrogen-bond donors (Lipinski definition) is 1. The standard InChI is InChI=1S/C9H12O5/c1-9(4-13-5-9)6-14-8(12)3-2-7(10)11/h2-3H,4-6H2,1H3,(H,10,11)/b3-2+. The summed E-state index contributed by atoms with van der Waals surface area (Å²) >= 11 is 0. The van der Waals surface area contributed by atoms with Gasteiger partial charge in [-0.05, 0) is 0 Å². The van der Waals surface area contributed by atoms with Gasteiger partial charge in [-0.15, -0.1) is 0 Å². The highest BCUT2D eigenvalue weighted by atomic mass is 16.5. The average Bonchev–Trinajstić information content (AvgIpc) is 2.08. The van der Waals surface area contributed by atoms with Crippen LogP contribution in [0.3, 0.4) is 0 Å². The van der Waals surface area contributed by atoms with E-state index in [4.69, 9.17) is 14.6 Å². The van der Waals surface area contributed by atoms with Crippen molar-refractivity contribution in [2.75, 3.05) is 19.8 Å². The molecule has 1 fully saturated rings. The third kappa shape index (κ3) is 3.18. The van der Waals surface area contributed by atoms with Crippen LogP contribution in [0.4, 0.5) is 0 Å². The summed E-state index contributed by atoms with van der Waals surface area (Å²) < 4.78 is 9.80. The monoisotopic (exact) mass is 200 g/mol. The molecule has 0 radical (unpaired) electrons. The van der Waals surface area contributed by atoms with Gasteiger partial charge in [0.05, 0.1) is 13.2 Å². The van der Waals surface area contributed by atoms with E-state index in [1.807, 2.05) is 6.92 Å². The number of carbonyl (C=O) groups is 2. The van der Waals surface area contributed by atoms with Crippen LogP contribution in [-0.4, -0.2) is 36.9 Å². The van der Waals surface area contributed by atoms with Crippen LogP contribution in [0.25, 0.3) is 0 Å². The summed E-state index contributed by atoms with van der Waals surface area (Å²) in [5.41, 5.74) is -0.104. The molecule has 0 atom stereocenters. The number of ether oxygens (including phenoxy) is 2. The molecule has 0 aromatic rings. The molecule has 0 bridgehead atoms. The summed E-state index contributed by atoms with van der Waals surface area (Å²) in [7, 11) is 0. The minimum atomic E-state index is -1.17. The Hall–Kier alpha value is -1.36. The summed E-state index contributed by atoms with van der Waals surface area (Å²) in [6, 6.07) is 0. The lowest BCUT2D eigenvalue weighted by atomic mass is 9.90. The van der Waals surface area contributed by atoms with E-state index in [2.05, 4.69) is 0 Å². The predicted octanol–water partition coefficient (Wildman–Crippen LogP) is 0.207. The Kier molecular flexibility index (Phi) is 3.24. The van der Waals surface area contributed by atoms with Gasteiger partial charge in [0.15, 0.2) is 0 Å². The van der Waals surface area contributed by atoms with Gasteiger partial charge in [0.1, 0.15) is 6.61 Å². The molecular formula is C9H12O5. The molecule has 5 nitrogen and oxygen atoms in total. The molecule has 78 valence electrons. The number of carboxylic acids is 1. The number of carbonyl (C=O) groups excluding carboxylic acids is 1. The lowest BCUT2D eigenvalue weighted by Gasteiger charge is -2.36. The molecule has 0 spiro atoms. The van der Waals surface area contributed by atoms with E-state index in [0.29, 0.717) is 13.2 Å². The van der Waals surface area contributed by atoms with Crippen LogP contribution in [0.5, 0.6) is 0 Å². The van der Waals surface area contributed by atoms with E-state index < -0.39 is 11.9 Å². The van der Waals surface area contributed by atoms with Crippen LogP contribution in [0.2, 0.25) is 0 Å². The van der Waals surface area contributed by atoms with Crippen LogP contribution in [0, 0.1) is 5.41 Å². The molecule has 1 N–H and O–H groups in total. The number of rotatable bonds is 4.